The van der Waals surface area contributed by atoms with Gasteiger partial charge in [-0.15, -0.1) is 0 Å². The van der Waals surface area contributed by atoms with Crippen LogP contribution >= 0.6 is 0 Å². The Labute approximate surface area is 206 Å². The van der Waals surface area contributed by atoms with E-state index in [2.05, 4.69) is 50.8 Å². The van der Waals surface area contributed by atoms with Crippen molar-refractivity contribution in [2.45, 2.75) is 96.9 Å². The predicted octanol–water partition coefficient (Wildman–Crippen LogP) is 6.23. The first-order valence-electron chi connectivity index (χ1n) is 13.3. The summed E-state index contributed by atoms with van der Waals surface area (Å²) in [6, 6.07) is 8.49. The van der Waals surface area contributed by atoms with Crippen LogP contribution in [0.3, 0.4) is 0 Å². The molecule has 1 aromatic carbocycles. The molecule has 4 rings (SSSR count). The minimum Gasteiger partial charge on any atom is -0.393 e. The molecule has 0 aliphatic heterocycles. The van der Waals surface area contributed by atoms with Crippen molar-refractivity contribution < 1.29 is 15.3 Å². The van der Waals surface area contributed by atoms with Crippen LogP contribution in [0.1, 0.15) is 83.8 Å². The number of aliphatic hydroxyl groups excluding tert-OH is 2. The highest BCUT2D eigenvalue weighted by molar-refractivity contribution is 5.38. The van der Waals surface area contributed by atoms with Crippen molar-refractivity contribution in [1.29, 1.82) is 0 Å². The molecule has 186 valence electrons. The number of fused-ring (bicyclic) bond motifs is 1. The van der Waals surface area contributed by atoms with Gasteiger partial charge in [-0.25, -0.2) is 0 Å². The van der Waals surface area contributed by atoms with Crippen LogP contribution in [0.5, 0.6) is 0 Å². The Kier molecular flexibility index (Phi) is 7.29. The molecule has 0 heterocycles. The summed E-state index contributed by atoms with van der Waals surface area (Å²) in [5, 5.41) is 30.7. The van der Waals surface area contributed by atoms with Gasteiger partial charge >= 0.3 is 0 Å². The summed E-state index contributed by atoms with van der Waals surface area (Å²) in [6.45, 7) is 12.7. The van der Waals surface area contributed by atoms with E-state index in [-0.39, 0.29) is 0 Å². The molecule has 1 aromatic rings. The second kappa shape index (κ2) is 9.76. The molecule has 0 bridgehead atoms. The lowest BCUT2D eigenvalue weighted by Crippen LogP contribution is -2.36. The molecule has 0 unspecified atom stereocenters. The number of aliphatic hydroxyl groups is 3. The lowest BCUT2D eigenvalue weighted by Gasteiger charge is -2.44. The molecular formula is C31H44O3. The van der Waals surface area contributed by atoms with E-state index in [4.69, 9.17) is 0 Å². The van der Waals surface area contributed by atoms with Crippen molar-refractivity contribution in [2.75, 3.05) is 0 Å². The highest BCUT2D eigenvalue weighted by Gasteiger charge is 2.50. The molecule has 0 radical (unpaired) electrons. The smallest absolute Gasteiger partial charge is 0.0840 e. The van der Waals surface area contributed by atoms with E-state index >= 15 is 0 Å². The molecule has 3 N–H and O–H groups in total. The highest BCUT2D eigenvalue weighted by Crippen LogP contribution is 2.59. The molecule has 34 heavy (non-hydrogen) atoms. The number of rotatable bonds is 5. The fraction of sp³-hybridized carbons (Fsp3) is 0.613. The summed E-state index contributed by atoms with van der Waals surface area (Å²) in [7, 11) is 0. The monoisotopic (exact) mass is 464 g/mol. The fourth-order valence-electron chi connectivity index (χ4n) is 7.27. The number of hydrogen-bond donors (Lipinski definition) is 3. The van der Waals surface area contributed by atoms with Gasteiger partial charge < -0.3 is 15.3 Å². The van der Waals surface area contributed by atoms with Crippen LogP contribution in [0, 0.1) is 23.2 Å². The largest absolute Gasteiger partial charge is 0.393 e. The number of benzene rings is 1. The predicted molar refractivity (Wildman–Crippen MR) is 139 cm³/mol. The van der Waals surface area contributed by atoms with Crippen LogP contribution in [0.25, 0.3) is 0 Å². The molecule has 0 saturated heterocycles. The van der Waals surface area contributed by atoms with Gasteiger partial charge in [0.25, 0.3) is 0 Å². The molecule has 0 amide bonds. The minimum absolute atomic E-state index is 0.318. The quantitative estimate of drug-likeness (QED) is 0.484. The zero-order chi connectivity index (χ0) is 24.7. The van der Waals surface area contributed by atoms with Gasteiger partial charge in [0.05, 0.1) is 17.8 Å². The van der Waals surface area contributed by atoms with E-state index < -0.39 is 17.8 Å². The Balaban J connectivity index is 1.51. The van der Waals surface area contributed by atoms with Gasteiger partial charge in [0.1, 0.15) is 0 Å². The maximum atomic E-state index is 10.4. The summed E-state index contributed by atoms with van der Waals surface area (Å²) in [6.07, 6.45) is 11.5. The van der Waals surface area contributed by atoms with Crippen LogP contribution in [0.2, 0.25) is 0 Å². The lowest BCUT2D eigenvalue weighted by atomic mass is 9.60. The van der Waals surface area contributed by atoms with Gasteiger partial charge in [-0.2, -0.15) is 0 Å². The molecule has 6 atom stereocenters. The van der Waals surface area contributed by atoms with E-state index in [1.807, 2.05) is 19.9 Å². The van der Waals surface area contributed by atoms with Crippen LogP contribution in [-0.2, 0) is 12.0 Å². The first-order chi connectivity index (χ1) is 16.0. The molecular weight excluding hydrogens is 420 g/mol. The maximum Gasteiger partial charge on any atom is 0.0840 e. The summed E-state index contributed by atoms with van der Waals surface area (Å²) in [5.41, 5.74) is 5.14. The summed E-state index contributed by atoms with van der Waals surface area (Å²) in [4.78, 5) is 0. The van der Waals surface area contributed by atoms with Crippen LogP contribution < -0.4 is 0 Å². The van der Waals surface area contributed by atoms with E-state index in [0.717, 1.165) is 29.6 Å². The molecule has 0 spiro atoms. The minimum atomic E-state index is -0.809. The van der Waals surface area contributed by atoms with Gasteiger partial charge in [0.2, 0.25) is 0 Å². The molecule has 3 aliphatic rings. The average Bonchev–Trinajstić information content (AvgIpc) is 3.12. The van der Waals surface area contributed by atoms with Gasteiger partial charge in [0.15, 0.2) is 0 Å². The van der Waals surface area contributed by atoms with Gasteiger partial charge in [0, 0.05) is 6.42 Å². The third kappa shape index (κ3) is 5.12. The van der Waals surface area contributed by atoms with Crippen molar-refractivity contribution in [3.05, 3.63) is 70.8 Å². The highest BCUT2D eigenvalue weighted by atomic mass is 16.3. The van der Waals surface area contributed by atoms with E-state index in [0.29, 0.717) is 36.0 Å². The normalized spacial score (nSPS) is 35.6. The van der Waals surface area contributed by atoms with Crippen LogP contribution in [0.15, 0.2) is 59.7 Å². The topological polar surface area (TPSA) is 60.7 Å². The third-order valence-corrected chi connectivity index (χ3v) is 9.18. The Hall–Kier alpha value is -1.68. The van der Waals surface area contributed by atoms with Crippen LogP contribution in [0.4, 0.5) is 0 Å². The molecule has 3 fully saturated rings. The number of allylic oxidation sites excluding steroid dienone is 3. The summed E-state index contributed by atoms with van der Waals surface area (Å²) < 4.78 is 0. The Morgan fingerprint density at radius 2 is 1.97 bits per heavy atom. The first-order valence-corrected chi connectivity index (χ1v) is 13.3. The van der Waals surface area contributed by atoms with E-state index in [1.54, 1.807) is 5.57 Å². The fourth-order valence-corrected chi connectivity index (χ4v) is 7.27. The zero-order valence-electron chi connectivity index (χ0n) is 21.6. The second-order valence-electron chi connectivity index (χ2n) is 12.1. The van der Waals surface area contributed by atoms with Gasteiger partial charge in [-0.3, -0.25) is 0 Å². The molecule has 3 nitrogen and oxygen atoms in total. The van der Waals surface area contributed by atoms with Crippen LogP contribution in [-0.4, -0.2) is 27.5 Å². The summed E-state index contributed by atoms with van der Waals surface area (Å²) in [5.74, 6) is 1.89. The Morgan fingerprint density at radius 1 is 1.21 bits per heavy atom. The zero-order valence-corrected chi connectivity index (χ0v) is 21.6. The standard InChI is InChI=1S/C31H44O3/c1-20(16-22-8-6-10-25(17-22)30(3,4)34)27-13-14-28-23(9-7-15-31(27,28)5)11-12-24-18-26(32)19-29(33)21(24)2/h6,8,10-12,17,20,26-29,32-34H,2,7,9,13-16,18-19H2,1,3-5H3/b23-11+,24-12+/t20-,26-,27-,28+,29+,31-/m1/s1. The second-order valence-corrected chi connectivity index (χ2v) is 12.1. The van der Waals surface area contributed by atoms with Crippen molar-refractivity contribution >= 4 is 0 Å². The number of hydrogen-bond acceptors (Lipinski definition) is 3. The molecule has 3 saturated carbocycles. The van der Waals surface area contributed by atoms with Gasteiger partial charge in [-0.1, -0.05) is 62.4 Å². The maximum absolute atomic E-state index is 10.4. The molecule has 3 aliphatic carbocycles. The van der Waals surface area contributed by atoms with Crippen molar-refractivity contribution in [2.24, 2.45) is 23.2 Å². The molecule has 3 heteroatoms. The first kappa shape index (κ1) is 25.4. The van der Waals surface area contributed by atoms with Gasteiger partial charge in [-0.05, 0) is 104 Å². The van der Waals surface area contributed by atoms with Crippen molar-refractivity contribution in [3.8, 4) is 0 Å². The Morgan fingerprint density at radius 3 is 2.71 bits per heavy atom. The van der Waals surface area contributed by atoms with Crippen molar-refractivity contribution in [1.82, 2.24) is 0 Å². The lowest BCUT2D eigenvalue weighted by molar-refractivity contribution is 0.0782. The Bertz CT molecular complexity index is 965. The average molecular weight is 465 g/mol. The van der Waals surface area contributed by atoms with Crippen molar-refractivity contribution in [3.63, 3.8) is 0 Å². The summed E-state index contributed by atoms with van der Waals surface area (Å²) >= 11 is 0. The van der Waals surface area contributed by atoms with E-state index in [9.17, 15) is 15.3 Å². The SMILES string of the molecule is C=C1/C(=C/C=C2\CCC[C@]3(C)[C@@H]([C@H](C)Cc4cccc(C(C)(C)O)c4)CC[C@@H]23)C[C@@H](O)C[C@@H]1O. The third-order valence-electron chi connectivity index (χ3n) is 9.18. The molecule has 0 aromatic heterocycles. The van der Waals surface area contributed by atoms with E-state index in [1.165, 1.54) is 31.2 Å².